The molecule has 5 heteroatoms. The first-order valence-electron chi connectivity index (χ1n) is 6.55. The molecule has 100 valence electrons. The average molecular weight is 260 g/mol. The van der Waals surface area contributed by atoms with Crippen molar-refractivity contribution in [2.75, 3.05) is 32.1 Å². The summed E-state index contributed by atoms with van der Waals surface area (Å²) < 4.78 is 23.1. The summed E-state index contributed by atoms with van der Waals surface area (Å²) in [5.74, 6) is 0.709. The Bertz CT molecular complexity index is 361. The Hall–Kier alpha value is -0.130. The SMILES string of the molecule is CN(C)C1(CNC2CCCS(=O)(=O)C2)CCC1. The largest absolute Gasteiger partial charge is 0.311 e. The van der Waals surface area contributed by atoms with Crippen molar-refractivity contribution in [1.82, 2.24) is 10.2 Å². The van der Waals surface area contributed by atoms with E-state index in [0.717, 1.165) is 19.4 Å². The van der Waals surface area contributed by atoms with Gasteiger partial charge in [0, 0.05) is 18.1 Å². The number of nitrogens with zero attached hydrogens (tertiary/aromatic N) is 1. The number of hydrogen-bond acceptors (Lipinski definition) is 4. The third-order valence-corrected chi connectivity index (χ3v) is 6.24. The van der Waals surface area contributed by atoms with Crippen molar-refractivity contribution in [2.24, 2.45) is 0 Å². The van der Waals surface area contributed by atoms with Crippen LogP contribution in [-0.2, 0) is 9.84 Å². The highest BCUT2D eigenvalue weighted by molar-refractivity contribution is 7.91. The van der Waals surface area contributed by atoms with Gasteiger partial charge in [0.1, 0.15) is 0 Å². The lowest BCUT2D eigenvalue weighted by Gasteiger charge is -2.48. The van der Waals surface area contributed by atoms with Gasteiger partial charge in [-0.15, -0.1) is 0 Å². The lowest BCUT2D eigenvalue weighted by atomic mass is 9.75. The lowest BCUT2D eigenvalue weighted by molar-refractivity contribution is 0.0573. The summed E-state index contributed by atoms with van der Waals surface area (Å²) in [7, 11) is 1.46. The van der Waals surface area contributed by atoms with Crippen LogP contribution in [0.15, 0.2) is 0 Å². The molecule has 1 aliphatic heterocycles. The Morgan fingerprint density at radius 3 is 2.47 bits per heavy atom. The lowest BCUT2D eigenvalue weighted by Crippen LogP contribution is -2.58. The first kappa shape index (κ1) is 13.3. The monoisotopic (exact) mass is 260 g/mol. The van der Waals surface area contributed by atoms with Crippen LogP contribution < -0.4 is 5.32 Å². The maximum absolute atomic E-state index is 11.6. The van der Waals surface area contributed by atoms with E-state index < -0.39 is 9.84 Å². The zero-order valence-electron chi connectivity index (χ0n) is 10.9. The van der Waals surface area contributed by atoms with E-state index in [1.54, 1.807) is 0 Å². The second-order valence-electron chi connectivity index (χ2n) is 5.81. The Labute approximate surface area is 105 Å². The molecule has 2 aliphatic rings. The second kappa shape index (κ2) is 4.86. The van der Waals surface area contributed by atoms with Gasteiger partial charge in [0.2, 0.25) is 0 Å². The molecule has 4 nitrogen and oxygen atoms in total. The summed E-state index contributed by atoms with van der Waals surface area (Å²) in [6.07, 6.45) is 5.57. The molecule has 0 amide bonds. The summed E-state index contributed by atoms with van der Waals surface area (Å²) in [6, 6.07) is 0.172. The van der Waals surface area contributed by atoms with E-state index in [0.29, 0.717) is 11.5 Å². The van der Waals surface area contributed by atoms with Crippen LogP contribution in [0.25, 0.3) is 0 Å². The van der Waals surface area contributed by atoms with Crippen LogP contribution >= 0.6 is 0 Å². The molecule has 0 aromatic carbocycles. The van der Waals surface area contributed by atoms with Gasteiger partial charge in [-0.25, -0.2) is 8.42 Å². The van der Waals surface area contributed by atoms with Crippen molar-refractivity contribution in [1.29, 1.82) is 0 Å². The van der Waals surface area contributed by atoms with E-state index >= 15 is 0 Å². The fourth-order valence-electron chi connectivity index (χ4n) is 2.89. The molecule has 2 fully saturated rings. The molecule has 1 unspecified atom stereocenters. The molecule has 0 spiro atoms. The van der Waals surface area contributed by atoms with Crippen LogP contribution in [0.1, 0.15) is 32.1 Å². The third kappa shape index (κ3) is 3.01. The summed E-state index contributed by atoms with van der Waals surface area (Å²) in [5, 5.41) is 3.48. The molecule has 0 radical (unpaired) electrons. The standard InChI is InChI=1S/C12H24N2O2S/c1-14(2)12(6-4-7-12)10-13-11-5-3-8-17(15,16)9-11/h11,13H,3-10H2,1-2H3. The molecule has 0 aromatic rings. The zero-order chi connectivity index (χ0) is 12.5. The van der Waals surface area contributed by atoms with Crippen molar-refractivity contribution < 1.29 is 8.42 Å². The van der Waals surface area contributed by atoms with Crippen molar-refractivity contribution >= 4 is 9.84 Å². The molecule has 1 atom stereocenters. The van der Waals surface area contributed by atoms with Crippen LogP contribution in [0.2, 0.25) is 0 Å². The molecule has 1 heterocycles. The van der Waals surface area contributed by atoms with Gasteiger partial charge in [0.05, 0.1) is 11.5 Å². The van der Waals surface area contributed by atoms with Crippen molar-refractivity contribution in [2.45, 2.75) is 43.7 Å². The molecule has 1 saturated heterocycles. The van der Waals surface area contributed by atoms with Gasteiger partial charge >= 0.3 is 0 Å². The quantitative estimate of drug-likeness (QED) is 0.806. The van der Waals surface area contributed by atoms with Gasteiger partial charge in [0.15, 0.2) is 9.84 Å². The van der Waals surface area contributed by atoms with E-state index in [4.69, 9.17) is 0 Å². The van der Waals surface area contributed by atoms with E-state index in [1.807, 2.05) is 0 Å². The molecule has 17 heavy (non-hydrogen) atoms. The van der Waals surface area contributed by atoms with Gasteiger partial charge < -0.3 is 10.2 Å². The normalized spacial score (nSPS) is 31.1. The molecule has 0 aromatic heterocycles. The number of likely N-dealkylation sites (N-methyl/N-ethyl adjacent to an activating group) is 1. The Kier molecular flexibility index (Phi) is 3.80. The maximum Gasteiger partial charge on any atom is 0.151 e. The topological polar surface area (TPSA) is 49.4 Å². The van der Waals surface area contributed by atoms with Gasteiger partial charge in [0.25, 0.3) is 0 Å². The van der Waals surface area contributed by atoms with Crippen LogP contribution in [0.4, 0.5) is 0 Å². The minimum atomic E-state index is -2.78. The number of hydrogen-bond donors (Lipinski definition) is 1. The van der Waals surface area contributed by atoms with E-state index in [2.05, 4.69) is 24.3 Å². The highest BCUT2D eigenvalue weighted by Gasteiger charge is 2.39. The predicted molar refractivity (Wildman–Crippen MR) is 69.9 cm³/mol. The highest BCUT2D eigenvalue weighted by atomic mass is 32.2. The molecule has 1 aliphatic carbocycles. The molecular weight excluding hydrogens is 236 g/mol. The third-order valence-electron chi connectivity index (χ3n) is 4.42. The molecule has 0 bridgehead atoms. The van der Waals surface area contributed by atoms with Crippen LogP contribution in [-0.4, -0.2) is 57.0 Å². The Balaban J connectivity index is 1.85. The maximum atomic E-state index is 11.6. The minimum Gasteiger partial charge on any atom is -0.311 e. The highest BCUT2D eigenvalue weighted by Crippen LogP contribution is 2.35. The second-order valence-corrected chi connectivity index (χ2v) is 8.04. The smallest absolute Gasteiger partial charge is 0.151 e. The zero-order valence-corrected chi connectivity index (χ0v) is 11.7. The van der Waals surface area contributed by atoms with Gasteiger partial charge in [-0.1, -0.05) is 0 Å². The molecule has 1 saturated carbocycles. The van der Waals surface area contributed by atoms with Crippen LogP contribution in [0.5, 0.6) is 0 Å². The van der Waals surface area contributed by atoms with Gasteiger partial charge in [-0.05, 0) is 46.2 Å². The summed E-state index contributed by atoms with van der Waals surface area (Å²) in [5.41, 5.74) is 0.279. The number of sulfone groups is 1. The van der Waals surface area contributed by atoms with E-state index in [-0.39, 0.29) is 11.6 Å². The molecular formula is C12H24N2O2S. The first-order chi connectivity index (χ1) is 7.94. The number of rotatable bonds is 4. The van der Waals surface area contributed by atoms with Crippen molar-refractivity contribution in [3.05, 3.63) is 0 Å². The Morgan fingerprint density at radius 2 is 2.00 bits per heavy atom. The summed E-state index contributed by atoms with van der Waals surface area (Å²) >= 11 is 0. The van der Waals surface area contributed by atoms with Crippen molar-refractivity contribution in [3.8, 4) is 0 Å². The Morgan fingerprint density at radius 1 is 1.29 bits per heavy atom. The molecule has 1 N–H and O–H groups in total. The predicted octanol–water partition coefficient (Wildman–Crippen LogP) is 0.638. The minimum absolute atomic E-state index is 0.172. The molecule has 2 rings (SSSR count). The summed E-state index contributed by atoms with van der Waals surface area (Å²) in [6.45, 7) is 0.931. The first-order valence-corrected chi connectivity index (χ1v) is 8.37. The van der Waals surface area contributed by atoms with Gasteiger partial charge in [-0.2, -0.15) is 0 Å². The van der Waals surface area contributed by atoms with Gasteiger partial charge in [-0.3, -0.25) is 0 Å². The van der Waals surface area contributed by atoms with Crippen molar-refractivity contribution in [3.63, 3.8) is 0 Å². The van der Waals surface area contributed by atoms with Crippen LogP contribution in [0.3, 0.4) is 0 Å². The summed E-state index contributed by atoms with van der Waals surface area (Å²) in [4.78, 5) is 2.29. The fourth-order valence-corrected chi connectivity index (χ4v) is 4.56. The average Bonchev–Trinajstić information content (AvgIpc) is 2.13. The van der Waals surface area contributed by atoms with Crippen LogP contribution in [0, 0.1) is 0 Å². The van der Waals surface area contributed by atoms with E-state index in [1.165, 1.54) is 19.3 Å². The van der Waals surface area contributed by atoms with E-state index in [9.17, 15) is 8.42 Å². The number of nitrogens with one attached hydrogen (secondary N) is 1. The fraction of sp³-hybridized carbons (Fsp3) is 1.00.